The standard InChI is InChI=1S/C12H11NO2/c1-9(10-7-5-4-6-8-10)11(13-2)12(14)15-3/h4-8H,1,3H3/b11-9+. The Labute approximate surface area is 88.8 Å². The van der Waals surface area contributed by atoms with Crippen LogP contribution in [-0.4, -0.2) is 13.1 Å². The zero-order valence-electron chi connectivity index (χ0n) is 8.65. The molecule has 0 radical (unpaired) electrons. The van der Waals surface area contributed by atoms with Crippen LogP contribution in [-0.2, 0) is 9.53 Å². The predicted octanol–water partition coefficient (Wildman–Crippen LogP) is 2.51. The first-order chi connectivity index (χ1) is 7.20. The number of esters is 1. The van der Waals surface area contributed by atoms with E-state index in [4.69, 9.17) is 6.57 Å². The van der Waals surface area contributed by atoms with Gasteiger partial charge in [-0.15, -0.1) is 0 Å². The molecule has 0 amide bonds. The molecule has 0 N–H and O–H groups in total. The number of allylic oxidation sites excluding steroid dienone is 1. The van der Waals surface area contributed by atoms with E-state index in [1.165, 1.54) is 7.11 Å². The van der Waals surface area contributed by atoms with Crippen LogP contribution >= 0.6 is 0 Å². The summed E-state index contributed by atoms with van der Waals surface area (Å²) in [6, 6.07) is 9.30. The first-order valence-electron chi connectivity index (χ1n) is 4.42. The molecule has 76 valence electrons. The number of carbonyl (C=O) groups excluding carboxylic acids is 1. The van der Waals surface area contributed by atoms with Crippen LogP contribution < -0.4 is 0 Å². The van der Waals surface area contributed by atoms with Crippen LogP contribution in [0, 0.1) is 6.57 Å². The van der Waals surface area contributed by atoms with Gasteiger partial charge in [0.05, 0.1) is 13.7 Å². The molecule has 0 saturated heterocycles. The van der Waals surface area contributed by atoms with E-state index >= 15 is 0 Å². The minimum atomic E-state index is -0.591. The highest BCUT2D eigenvalue weighted by molar-refractivity contribution is 5.98. The van der Waals surface area contributed by atoms with Crippen molar-refractivity contribution in [1.82, 2.24) is 0 Å². The summed E-state index contributed by atoms with van der Waals surface area (Å²) in [4.78, 5) is 14.5. The second-order valence-corrected chi connectivity index (χ2v) is 2.94. The van der Waals surface area contributed by atoms with Crippen molar-refractivity contribution in [3.05, 3.63) is 53.0 Å². The average Bonchev–Trinajstić information content (AvgIpc) is 2.30. The molecule has 0 heterocycles. The van der Waals surface area contributed by atoms with Crippen LogP contribution in [0.25, 0.3) is 10.4 Å². The summed E-state index contributed by atoms with van der Waals surface area (Å²) in [7, 11) is 1.27. The topological polar surface area (TPSA) is 30.7 Å². The fourth-order valence-corrected chi connectivity index (χ4v) is 1.20. The molecule has 0 aromatic heterocycles. The number of methoxy groups -OCH3 is 1. The number of nitrogens with zero attached hydrogens (tertiary/aromatic N) is 1. The van der Waals surface area contributed by atoms with Crippen LogP contribution in [0.5, 0.6) is 0 Å². The predicted molar refractivity (Wildman–Crippen MR) is 57.7 cm³/mol. The first-order valence-corrected chi connectivity index (χ1v) is 4.42. The van der Waals surface area contributed by atoms with E-state index in [0.29, 0.717) is 5.57 Å². The van der Waals surface area contributed by atoms with Crippen molar-refractivity contribution in [3.8, 4) is 0 Å². The highest BCUT2D eigenvalue weighted by atomic mass is 16.5. The van der Waals surface area contributed by atoms with E-state index in [-0.39, 0.29) is 5.70 Å². The van der Waals surface area contributed by atoms with Gasteiger partial charge in [0.25, 0.3) is 5.70 Å². The molecule has 3 nitrogen and oxygen atoms in total. The summed E-state index contributed by atoms with van der Waals surface area (Å²) in [6.07, 6.45) is 0. The van der Waals surface area contributed by atoms with Crippen molar-refractivity contribution in [3.63, 3.8) is 0 Å². The summed E-state index contributed by atoms with van der Waals surface area (Å²) in [5.41, 5.74) is 1.52. The summed E-state index contributed by atoms with van der Waals surface area (Å²) >= 11 is 0. The van der Waals surface area contributed by atoms with E-state index in [1.807, 2.05) is 30.3 Å². The molecule has 0 aliphatic carbocycles. The van der Waals surface area contributed by atoms with Gasteiger partial charge in [0.1, 0.15) is 0 Å². The van der Waals surface area contributed by atoms with Gasteiger partial charge in [-0.05, 0) is 18.1 Å². The zero-order valence-corrected chi connectivity index (χ0v) is 8.65. The van der Waals surface area contributed by atoms with Gasteiger partial charge in [-0.25, -0.2) is 4.85 Å². The van der Waals surface area contributed by atoms with Crippen molar-refractivity contribution in [2.24, 2.45) is 0 Å². The number of rotatable bonds is 2. The van der Waals surface area contributed by atoms with E-state index < -0.39 is 5.97 Å². The molecule has 0 bridgehead atoms. The maximum absolute atomic E-state index is 11.3. The van der Waals surface area contributed by atoms with Crippen LogP contribution in [0.4, 0.5) is 0 Å². The highest BCUT2D eigenvalue weighted by Crippen LogP contribution is 2.19. The van der Waals surface area contributed by atoms with Crippen molar-refractivity contribution in [2.45, 2.75) is 6.92 Å². The van der Waals surface area contributed by atoms with Gasteiger partial charge in [0, 0.05) is 0 Å². The normalized spacial score (nSPS) is 11.3. The molecule has 0 unspecified atom stereocenters. The van der Waals surface area contributed by atoms with Gasteiger partial charge in [-0.2, -0.15) is 0 Å². The Morgan fingerprint density at radius 1 is 1.33 bits per heavy atom. The Morgan fingerprint density at radius 3 is 2.40 bits per heavy atom. The third-order valence-electron chi connectivity index (χ3n) is 2.05. The van der Waals surface area contributed by atoms with E-state index in [1.54, 1.807) is 6.92 Å². The Balaban J connectivity index is 3.20. The van der Waals surface area contributed by atoms with Crippen LogP contribution in [0.1, 0.15) is 12.5 Å². The second-order valence-electron chi connectivity index (χ2n) is 2.94. The molecule has 1 aromatic carbocycles. The third kappa shape index (κ3) is 2.44. The van der Waals surface area contributed by atoms with Crippen LogP contribution in [0.15, 0.2) is 36.0 Å². The van der Waals surface area contributed by atoms with Gasteiger partial charge >= 0.3 is 5.97 Å². The second kappa shape index (κ2) is 4.97. The maximum Gasteiger partial charge on any atom is 0.336 e. The molecule has 0 atom stereocenters. The Hall–Kier alpha value is -2.08. The summed E-state index contributed by atoms with van der Waals surface area (Å²) < 4.78 is 4.54. The minimum Gasteiger partial charge on any atom is -0.474 e. The maximum atomic E-state index is 11.3. The molecule has 0 aliphatic rings. The summed E-state index contributed by atoms with van der Waals surface area (Å²) in [6.45, 7) is 8.68. The molecule has 0 spiro atoms. The van der Waals surface area contributed by atoms with E-state index in [0.717, 1.165) is 5.56 Å². The summed E-state index contributed by atoms with van der Waals surface area (Å²) in [5.74, 6) is -0.591. The van der Waals surface area contributed by atoms with Gasteiger partial charge < -0.3 is 4.74 Å². The number of benzene rings is 1. The fraction of sp³-hybridized carbons (Fsp3) is 0.167. The monoisotopic (exact) mass is 201 g/mol. The van der Waals surface area contributed by atoms with Crippen molar-refractivity contribution < 1.29 is 9.53 Å². The summed E-state index contributed by atoms with van der Waals surface area (Å²) in [5, 5.41) is 0. The lowest BCUT2D eigenvalue weighted by Crippen LogP contribution is -2.03. The Morgan fingerprint density at radius 2 is 1.93 bits per heavy atom. The molecule has 1 aromatic rings. The molecular weight excluding hydrogens is 190 g/mol. The van der Waals surface area contributed by atoms with E-state index in [2.05, 4.69) is 9.58 Å². The molecule has 3 heteroatoms. The lowest BCUT2D eigenvalue weighted by atomic mass is 10.1. The Bertz CT molecular complexity index is 427. The molecular formula is C12H11NO2. The molecule has 1 rings (SSSR count). The number of carbonyl (C=O) groups is 1. The molecule has 0 fully saturated rings. The lowest BCUT2D eigenvalue weighted by Gasteiger charge is -2.03. The van der Waals surface area contributed by atoms with Crippen LogP contribution in [0.3, 0.4) is 0 Å². The zero-order chi connectivity index (χ0) is 11.3. The van der Waals surface area contributed by atoms with Gasteiger partial charge in [0.2, 0.25) is 0 Å². The van der Waals surface area contributed by atoms with Crippen molar-refractivity contribution in [2.75, 3.05) is 7.11 Å². The lowest BCUT2D eigenvalue weighted by molar-refractivity contribution is -0.135. The molecule has 15 heavy (non-hydrogen) atoms. The first kappa shape index (κ1) is 11.0. The van der Waals surface area contributed by atoms with Gasteiger partial charge in [-0.1, -0.05) is 30.3 Å². The number of ether oxygens (including phenoxy) is 1. The third-order valence-corrected chi connectivity index (χ3v) is 2.05. The van der Waals surface area contributed by atoms with Crippen molar-refractivity contribution in [1.29, 1.82) is 0 Å². The fourth-order valence-electron chi connectivity index (χ4n) is 1.20. The largest absolute Gasteiger partial charge is 0.474 e. The van der Waals surface area contributed by atoms with E-state index in [9.17, 15) is 4.79 Å². The molecule has 0 aliphatic heterocycles. The minimum absolute atomic E-state index is 0.0312. The highest BCUT2D eigenvalue weighted by Gasteiger charge is 2.14. The average molecular weight is 201 g/mol. The van der Waals surface area contributed by atoms with Crippen LogP contribution in [0.2, 0.25) is 0 Å². The smallest absolute Gasteiger partial charge is 0.336 e. The van der Waals surface area contributed by atoms with Gasteiger partial charge in [0.15, 0.2) is 0 Å². The van der Waals surface area contributed by atoms with Crippen molar-refractivity contribution >= 4 is 11.5 Å². The van der Waals surface area contributed by atoms with Gasteiger partial charge in [-0.3, -0.25) is 4.79 Å². The molecule has 0 saturated carbocycles. The Kier molecular flexibility index (Phi) is 3.64. The number of hydrogen-bond acceptors (Lipinski definition) is 2. The quantitative estimate of drug-likeness (QED) is 0.418. The SMILES string of the molecule is [C-]#[N+]/C(C(=O)OC)=C(\C)c1ccccc1. The number of hydrogen-bond donors (Lipinski definition) is 0.